The maximum absolute atomic E-state index is 5.63. The summed E-state index contributed by atoms with van der Waals surface area (Å²) in [6.07, 6.45) is 4.08. The lowest BCUT2D eigenvalue weighted by Gasteiger charge is -2.26. The van der Waals surface area contributed by atoms with Crippen LogP contribution in [0, 0.1) is 0 Å². The molecule has 1 heterocycles. The molecule has 3 nitrogen and oxygen atoms in total. The van der Waals surface area contributed by atoms with E-state index in [0.717, 1.165) is 6.54 Å². The van der Waals surface area contributed by atoms with Gasteiger partial charge in [-0.15, -0.1) is 0 Å². The van der Waals surface area contributed by atoms with E-state index in [-0.39, 0.29) is 0 Å². The van der Waals surface area contributed by atoms with Gasteiger partial charge in [-0.1, -0.05) is 30.7 Å². The molecular weight excluding hydrogens is 286 g/mol. The van der Waals surface area contributed by atoms with Crippen LogP contribution in [0.3, 0.4) is 0 Å². The second-order valence-electron chi connectivity index (χ2n) is 6.40. The van der Waals surface area contributed by atoms with E-state index >= 15 is 0 Å². The van der Waals surface area contributed by atoms with Gasteiger partial charge in [0.05, 0.1) is 19.8 Å². The van der Waals surface area contributed by atoms with E-state index in [1.807, 2.05) is 0 Å². The molecule has 2 aromatic carbocycles. The summed E-state index contributed by atoms with van der Waals surface area (Å²) in [5, 5.41) is 2.61. The van der Waals surface area contributed by atoms with E-state index in [1.165, 1.54) is 54.3 Å². The van der Waals surface area contributed by atoms with Gasteiger partial charge in [0.2, 0.25) is 0 Å². The molecule has 0 aliphatic carbocycles. The Hall–Kier alpha value is -1.42. The Morgan fingerprint density at radius 3 is 2.39 bits per heavy atom. The highest BCUT2D eigenvalue weighted by molar-refractivity contribution is 5.83. The third kappa shape index (κ3) is 4.77. The van der Waals surface area contributed by atoms with Crippen molar-refractivity contribution in [3.05, 3.63) is 47.5 Å². The first kappa shape index (κ1) is 16.4. The van der Waals surface area contributed by atoms with Crippen LogP contribution < -0.4 is 0 Å². The summed E-state index contributed by atoms with van der Waals surface area (Å²) in [5.74, 6) is 0. The molecule has 3 rings (SSSR count). The summed E-state index contributed by atoms with van der Waals surface area (Å²) in [6, 6.07) is 13.4. The van der Waals surface area contributed by atoms with Crippen LogP contribution in [0.4, 0.5) is 0 Å². The Labute approximate surface area is 139 Å². The minimum Gasteiger partial charge on any atom is -0.382 e. The maximum Gasteiger partial charge on any atom is 0.0718 e. The molecule has 0 saturated carbocycles. The zero-order valence-electron chi connectivity index (χ0n) is 14.1. The first-order chi connectivity index (χ1) is 11.3. The zero-order chi connectivity index (χ0) is 15.9. The molecule has 0 radical (unpaired) electrons. The van der Waals surface area contributed by atoms with E-state index in [0.29, 0.717) is 19.8 Å². The number of piperidine rings is 1. The number of benzene rings is 2. The summed E-state index contributed by atoms with van der Waals surface area (Å²) in [6.45, 7) is 5.49. The molecule has 23 heavy (non-hydrogen) atoms. The molecule has 0 N–H and O–H groups in total. The number of ether oxygens (including phenoxy) is 2. The van der Waals surface area contributed by atoms with Gasteiger partial charge < -0.3 is 9.47 Å². The fourth-order valence-corrected chi connectivity index (χ4v) is 3.24. The molecule has 0 spiro atoms. The molecule has 124 valence electrons. The third-order valence-corrected chi connectivity index (χ3v) is 4.52. The number of hydrogen-bond acceptors (Lipinski definition) is 3. The summed E-state index contributed by atoms with van der Waals surface area (Å²) in [4.78, 5) is 2.57. The average Bonchev–Trinajstić information content (AvgIpc) is 2.59. The molecule has 0 unspecified atom stereocenters. The summed E-state index contributed by atoms with van der Waals surface area (Å²) >= 11 is 0. The van der Waals surface area contributed by atoms with Crippen LogP contribution in [-0.2, 0) is 22.6 Å². The van der Waals surface area contributed by atoms with Crippen LogP contribution in [0.2, 0.25) is 0 Å². The summed E-state index contributed by atoms with van der Waals surface area (Å²) in [5.41, 5.74) is 2.64. The van der Waals surface area contributed by atoms with Gasteiger partial charge in [0.15, 0.2) is 0 Å². The van der Waals surface area contributed by atoms with Crippen molar-refractivity contribution in [3.63, 3.8) is 0 Å². The second-order valence-corrected chi connectivity index (χ2v) is 6.40. The van der Waals surface area contributed by atoms with Crippen LogP contribution in [0.15, 0.2) is 36.4 Å². The molecule has 0 atom stereocenters. The van der Waals surface area contributed by atoms with Crippen LogP contribution in [-0.4, -0.2) is 38.3 Å². The Kier molecular flexibility index (Phi) is 6.03. The smallest absolute Gasteiger partial charge is 0.0718 e. The average molecular weight is 313 g/mol. The van der Waals surface area contributed by atoms with Gasteiger partial charge in [0, 0.05) is 13.7 Å². The first-order valence-corrected chi connectivity index (χ1v) is 8.66. The van der Waals surface area contributed by atoms with Crippen molar-refractivity contribution in [2.24, 2.45) is 0 Å². The predicted molar refractivity (Wildman–Crippen MR) is 94.6 cm³/mol. The normalized spacial score (nSPS) is 16.0. The van der Waals surface area contributed by atoms with Gasteiger partial charge in [-0.3, -0.25) is 4.90 Å². The van der Waals surface area contributed by atoms with Gasteiger partial charge in [-0.05, 0) is 60.0 Å². The molecule has 0 bridgehead atoms. The van der Waals surface area contributed by atoms with E-state index in [9.17, 15) is 0 Å². The lowest BCUT2D eigenvalue weighted by molar-refractivity contribution is 0.0617. The largest absolute Gasteiger partial charge is 0.382 e. The molecular formula is C20H27NO2. The topological polar surface area (TPSA) is 21.7 Å². The summed E-state index contributed by atoms with van der Waals surface area (Å²) in [7, 11) is 1.70. The van der Waals surface area contributed by atoms with E-state index in [1.54, 1.807) is 7.11 Å². The Bertz CT molecular complexity index is 620. The maximum atomic E-state index is 5.63. The lowest BCUT2D eigenvalue weighted by atomic mass is 10.0. The standard InChI is InChI=1S/C20H27NO2/c1-22-11-12-23-16-18-6-8-19-7-5-17(13-20(19)14-18)15-21-9-3-2-4-10-21/h5-8,13-14H,2-4,9-12,15-16H2,1H3. The minimum atomic E-state index is 0.642. The SMILES string of the molecule is COCCOCc1ccc2ccc(CN3CCCCC3)cc2c1. The lowest BCUT2D eigenvalue weighted by Crippen LogP contribution is -2.29. The Morgan fingerprint density at radius 1 is 0.870 bits per heavy atom. The monoisotopic (exact) mass is 313 g/mol. The fourth-order valence-electron chi connectivity index (χ4n) is 3.24. The van der Waals surface area contributed by atoms with Gasteiger partial charge in [0.25, 0.3) is 0 Å². The molecule has 0 amide bonds. The van der Waals surface area contributed by atoms with Crippen molar-refractivity contribution in [1.82, 2.24) is 4.90 Å². The Morgan fingerprint density at radius 2 is 1.61 bits per heavy atom. The Balaban J connectivity index is 1.66. The quantitative estimate of drug-likeness (QED) is 0.722. The number of methoxy groups -OCH3 is 1. The highest BCUT2D eigenvalue weighted by atomic mass is 16.5. The molecule has 1 fully saturated rings. The van der Waals surface area contributed by atoms with Crippen molar-refractivity contribution < 1.29 is 9.47 Å². The highest BCUT2D eigenvalue weighted by Crippen LogP contribution is 2.20. The van der Waals surface area contributed by atoms with Crippen LogP contribution in [0.5, 0.6) is 0 Å². The zero-order valence-corrected chi connectivity index (χ0v) is 14.1. The molecule has 1 aliphatic heterocycles. The number of nitrogens with zero attached hydrogens (tertiary/aromatic N) is 1. The van der Waals surface area contributed by atoms with Crippen molar-refractivity contribution >= 4 is 10.8 Å². The van der Waals surface area contributed by atoms with Gasteiger partial charge >= 0.3 is 0 Å². The number of rotatable bonds is 7. The molecule has 1 saturated heterocycles. The van der Waals surface area contributed by atoms with Crippen molar-refractivity contribution in [3.8, 4) is 0 Å². The van der Waals surface area contributed by atoms with E-state index in [4.69, 9.17) is 9.47 Å². The second kappa shape index (κ2) is 8.44. The van der Waals surface area contributed by atoms with E-state index < -0.39 is 0 Å². The number of fused-ring (bicyclic) bond motifs is 1. The number of likely N-dealkylation sites (tertiary alicyclic amines) is 1. The van der Waals surface area contributed by atoms with E-state index in [2.05, 4.69) is 41.3 Å². The van der Waals surface area contributed by atoms with Crippen molar-refractivity contribution in [2.75, 3.05) is 33.4 Å². The molecule has 2 aromatic rings. The fraction of sp³-hybridized carbons (Fsp3) is 0.500. The van der Waals surface area contributed by atoms with Crippen LogP contribution in [0.1, 0.15) is 30.4 Å². The van der Waals surface area contributed by atoms with Crippen molar-refractivity contribution in [1.29, 1.82) is 0 Å². The van der Waals surface area contributed by atoms with Crippen molar-refractivity contribution in [2.45, 2.75) is 32.4 Å². The molecule has 1 aliphatic rings. The third-order valence-electron chi connectivity index (χ3n) is 4.52. The molecule has 3 heteroatoms. The highest BCUT2D eigenvalue weighted by Gasteiger charge is 2.10. The van der Waals surface area contributed by atoms with Crippen LogP contribution in [0.25, 0.3) is 10.8 Å². The summed E-state index contributed by atoms with van der Waals surface area (Å²) < 4.78 is 10.6. The minimum absolute atomic E-state index is 0.642. The first-order valence-electron chi connectivity index (χ1n) is 8.66. The predicted octanol–water partition coefficient (Wildman–Crippen LogP) is 3.99. The van der Waals surface area contributed by atoms with Gasteiger partial charge in [0.1, 0.15) is 0 Å². The van der Waals surface area contributed by atoms with Crippen LogP contribution >= 0.6 is 0 Å². The number of hydrogen-bond donors (Lipinski definition) is 0. The molecule has 0 aromatic heterocycles. The van der Waals surface area contributed by atoms with Gasteiger partial charge in [-0.25, -0.2) is 0 Å². The van der Waals surface area contributed by atoms with Gasteiger partial charge in [-0.2, -0.15) is 0 Å².